The molecule has 1 N–H and O–H groups in total. The van der Waals surface area contributed by atoms with E-state index in [9.17, 15) is 19.5 Å². The second kappa shape index (κ2) is 50.3. The second-order valence-electron chi connectivity index (χ2n) is 21.1. The summed E-state index contributed by atoms with van der Waals surface area (Å²) in [5.74, 6) is -1.06. The fraction of sp³-hybridized carbons (Fsp3) is 0.950. The van der Waals surface area contributed by atoms with E-state index in [1.54, 1.807) is 0 Å². The second-order valence-corrected chi connectivity index (χ2v) is 21.1. The Labute approximate surface area is 421 Å². The minimum atomic E-state index is -1.18. The van der Waals surface area contributed by atoms with Gasteiger partial charge in [0.1, 0.15) is 18.8 Å². The molecule has 1 fully saturated rings. The van der Waals surface area contributed by atoms with Crippen LogP contribution in [-0.4, -0.2) is 60.6 Å². The predicted octanol–water partition coefficient (Wildman–Crippen LogP) is 17.9. The average molecular weight is 964 g/mol. The van der Waals surface area contributed by atoms with Gasteiger partial charge in [0.2, 0.25) is 0 Å². The van der Waals surface area contributed by atoms with Crippen molar-refractivity contribution in [1.29, 1.82) is 0 Å². The summed E-state index contributed by atoms with van der Waals surface area (Å²) in [5, 5.41) is 11.3. The maximum atomic E-state index is 13.1. The van der Waals surface area contributed by atoms with Gasteiger partial charge in [-0.1, -0.05) is 290 Å². The minimum Gasteiger partial charge on any atom is -0.462 e. The van der Waals surface area contributed by atoms with Crippen molar-refractivity contribution in [2.45, 2.75) is 353 Å². The molecule has 0 saturated carbocycles. The third-order valence-electron chi connectivity index (χ3n) is 14.5. The molecule has 0 bridgehead atoms. The summed E-state index contributed by atoms with van der Waals surface area (Å²) in [6, 6.07) is 0. The molecule has 402 valence electrons. The summed E-state index contributed by atoms with van der Waals surface area (Å²) in [5.41, 5.74) is 0. The molecule has 0 amide bonds. The fourth-order valence-corrected chi connectivity index (χ4v) is 9.87. The van der Waals surface area contributed by atoms with Crippen molar-refractivity contribution < 1.29 is 38.4 Å². The van der Waals surface area contributed by atoms with Crippen molar-refractivity contribution in [2.24, 2.45) is 0 Å². The standard InChI is InChI=1S/C60H114O8/c1-4-7-10-13-16-19-22-25-28-31-34-37-40-43-46-49-56(61)65-53-55(68-58(63)51-48-45-42-39-36-33-30-27-24-21-18-15-12-9-6-3)60-59(64)54(52-66-60)67-57(62)50-47-44-41-38-35-32-29-26-23-20-17-14-11-8-5-2/h54-55,59-60,64H,4-53H2,1-3H3/t54-,55?,59+,60-/m1/s1. The number of esters is 3. The van der Waals surface area contributed by atoms with E-state index >= 15 is 0 Å². The molecule has 1 aliphatic heterocycles. The molecular weight excluding hydrogens is 849 g/mol. The van der Waals surface area contributed by atoms with Crippen LogP contribution in [0.3, 0.4) is 0 Å². The van der Waals surface area contributed by atoms with Crippen LogP contribution in [-0.2, 0) is 33.3 Å². The van der Waals surface area contributed by atoms with Crippen LogP contribution in [0.5, 0.6) is 0 Å². The van der Waals surface area contributed by atoms with Gasteiger partial charge in [-0.05, 0) is 19.3 Å². The normalized spacial score (nSPS) is 16.3. The molecule has 1 heterocycles. The van der Waals surface area contributed by atoms with Crippen LogP contribution >= 0.6 is 0 Å². The van der Waals surface area contributed by atoms with E-state index in [0.717, 1.165) is 57.8 Å². The summed E-state index contributed by atoms with van der Waals surface area (Å²) >= 11 is 0. The van der Waals surface area contributed by atoms with Gasteiger partial charge in [0.15, 0.2) is 12.2 Å². The first-order valence-corrected chi connectivity index (χ1v) is 30.3. The Morgan fingerprint density at radius 1 is 0.397 bits per heavy atom. The van der Waals surface area contributed by atoms with Crippen LogP contribution in [0.2, 0.25) is 0 Å². The third kappa shape index (κ3) is 41.0. The first-order chi connectivity index (χ1) is 33.4. The van der Waals surface area contributed by atoms with Crippen molar-refractivity contribution >= 4 is 17.9 Å². The van der Waals surface area contributed by atoms with Gasteiger partial charge in [0.05, 0.1) is 6.61 Å². The summed E-state index contributed by atoms with van der Waals surface area (Å²) in [4.78, 5) is 38.8. The SMILES string of the molecule is CCCCCCCCCCCCCCCCCC(=O)OCC(OC(=O)CCCCCCCCCCCCCCCCC)[C@H]1OC[C@@H](OC(=O)CCCCCCCCCCCCCCCCC)[C@@H]1O. The number of aliphatic hydroxyl groups excluding tert-OH is 1. The maximum absolute atomic E-state index is 13.1. The predicted molar refractivity (Wildman–Crippen MR) is 285 cm³/mol. The van der Waals surface area contributed by atoms with Crippen molar-refractivity contribution in [3.05, 3.63) is 0 Å². The van der Waals surface area contributed by atoms with Gasteiger partial charge in [0, 0.05) is 19.3 Å². The largest absolute Gasteiger partial charge is 0.462 e. The quantitative estimate of drug-likeness (QED) is 0.0365. The highest BCUT2D eigenvalue weighted by Crippen LogP contribution is 2.25. The van der Waals surface area contributed by atoms with E-state index in [-0.39, 0.29) is 37.5 Å². The molecule has 0 radical (unpaired) electrons. The lowest BCUT2D eigenvalue weighted by Gasteiger charge is -2.26. The Balaban J connectivity index is 2.39. The minimum absolute atomic E-state index is 0.0105. The Morgan fingerprint density at radius 2 is 0.662 bits per heavy atom. The zero-order valence-corrected chi connectivity index (χ0v) is 45.5. The van der Waals surface area contributed by atoms with Crippen LogP contribution in [0.15, 0.2) is 0 Å². The van der Waals surface area contributed by atoms with Crippen LogP contribution in [0, 0.1) is 0 Å². The molecule has 0 spiro atoms. The Morgan fingerprint density at radius 3 is 0.971 bits per heavy atom. The Bertz CT molecular complexity index is 1100. The number of carbonyl (C=O) groups excluding carboxylic acids is 3. The highest BCUT2D eigenvalue weighted by atomic mass is 16.6. The van der Waals surface area contributed by atoms with E-state index in [0.29, 0.717) is 12.8 Å². The van der Waals surface area contributed by atoms with Crippen LogP contribution in [0.4, 0.5) is 0 Å². The van der Waals surface area contributed by atoms with Gasteiger partial charge in [0.25, 0.3) is 0 Å². The highest BCUT2D eigenvalue weighted by Gasteiger charge is 2.45. The molecule has 0 aliphatic carbocycles. The molecule has 68 heavy (non-hydrogen) atoms. The fourth-order valence-electron chi connectivity index (χ4n) is 9.87. The van der Waals surface area contributed by atoms with E-state index < -0.39 is 24.4 Å². The number of carbonyl (C=O) groups is 3. The average Bonchev–Trinajstić information content (AvgIpc) is 3.69. The topological polar surface area (TPSA) is 108 Å². The van der Waals surface area contributed by atoms with Crippen molar-refractivity contribution in [1.82, 2.24) is 0 Å². The Kier molecular flexibility index (Phi) is 47.6. The molecular formula is C60H114O8. The zero-order chi connectivity index (χ0) is 49.2. The lowest BCUT2D eigenvalue weighted by atomic mass is 10.0. The molecule has 1 unspecified atom stereocenters. The summed E-state index contributed by atoms with van der Waals surface area (Å²) in [6.45, 7) is 6.63. The third-order valence-corrected chi connectivity index (χ3v) is 14.5. The summed E-state index contributed by atoms with van der Waals surface area (Å²) in [6.07, 6.45) is 53.6. The van der Waals surface area contributed by atoms with Crippen LogP contribution in [0.1, 0.15) is 329 Å². The molecule has 8 heteroatoms. The number of hydrogen-bond acceptors (Lipinski definition) is 8. The highest BCUT2D eigenvalue weighted by molar-refractivity contribution is 5.70. The van der Waals surface area contributed by atoms with Crippen LogP contribution in [0.25, 0.3) is 0 Å². The number of hydrogen-bond donors (Lipinski definition) is 1. The van der Waals surface area contributed by atoms with Gasteiger partial charge in [-0.3, -0.25) is 14.4 Å². The lowest BCUT2D eigenvalue weighted by Crippen LogP contribution is -2.44. The zero-order valence-electron chi connectivity index (χ0n) is 45.5. The molecule has 0 aromatic heterocycles. The molecule has 0 aromatic carbocycles. The van der Waals surface area contributed by atoms with Crippen LogP contribution < -0.4 is 0 Å². The van der Waals surface area contributed by atoms with Gasteiger partial charge >= 0.3 is 17.9 Å². The smallest absolute Gasteiger partial charge is 0.306 e. The van der Waals surface area contributed by atoms with Gasteiger partial charge < -0.3 is 24.1 Å². The number of rotatable bonds is 53. The van der Waals surface area contributed by atoms with E-state index in [1.165, 1.54) is 231 Å². The molecule has 1 rings (SSSR count). The molecule has 1 saturated heterocycles. The lowest BCUT2D eigenvalue weighted by molar-refractivity contribution is -0.171. The first-order valence-electron chi connectivity index (χ1n) is 30.3. The molecule has 4 atom stereocenters. The number of ether oxygens (including phenoxy) is 4. The molecule has 0 aromatic rings. The first kappa shape index (κ1) is 64.3. The number of unbranched alkanes of at least 4 members (excludes halogenated alkanes) is 42. The van der Waals surface area contributed by atoms with Crippen molar-refractivity contribution in [3.8, 4) is 0 Å². The van der Waals surface area contributed by atoms with Gasteiger partial charge in [-0.25, -0.2) is 0 Å². The summed E-state index contributed by atoms with van der Waals surface area (Å²) in [7, 11) is 0. The van der Waals surface area contributed by atoms with Gasteiger partial charge in [-0.15, -0.1) is 0 Å². The summed E-state index contributed by atoms with van der Waals surface area (Å²) < 4.78 is 23.2. The molecule has 8 nitrogen and oxygen atoms in total. The van der Waals surface area contributed by atoms with E-state index in [2.05, 4.69) is 20.8 Å². The Hall–Kier alpha value is -1.67. The van der Waals surface area contributed by atoms with Crippen molar-refractivity contribution in [3.63, 3.8) is 0 Å². The van der Waals surface area contributed by atoms with E-state index in [4.69, 9.17) is 18.9 Å². The molecule has 1 aliphatic rings. The monoisotopic (exact) mass is 963 g/mol. The van der Waals surface area contributed by atoms with Gasteiger partial charge in [-0.2, -0.15) is 0 Å². The van der Waals surface area contributed by atoms with E-state index in [1.807, 2.05) is 0 Å². The number of aliphatic hydroxyl groups is 1. The maximum Gasteiger partial charge on any atom is 0.306 e. The van der Waals surface area contributed by atoms with Crippen molar-refractivity contribution in [2.75, 3.05) is 13.2 Å².